The third-order valence-electron chi connectivity index (χ3n) is 3.57. The number of rotatable bonds is 6. The van der Waals surface area contributed by atoms with Gasteiger partial charge in [-0.3, -0.25) is 4.90 Å². The first-order valence-electron chi connectivity index (χ1n) is 7.36. The standard InChI is InChI=1S/C16H24FNO/c1-2-9-18(13-16-8-3-4-10-19-16)12-14-6-5-7-15(17)11-14/h5-7,11,16H,2-4,8-10,12-13H2,1H3. The van der Waals surface area contributed by atoms with Gasteiger partial charge in [0.1, 0.15) is 5.82 Å². The summed E-state index contributed by atoms with van der Waals surface area (Å²) < 4.78 is 19.0. The van der Waals surface area contributed by atoms with Crippen LogP contribution in [0.15, 0.2) is 24.3 Å². The molecule has 2 rings (SSSR count). The van der Waals surface area contributed by atoms with Crippen molar-refractivity contribution in [3.05, 3.63) is 35.6 Å². The molecule has 1 aliphatic heterocycles. The van der Waals surface area contributed by atoms with Gasteiger partial charge >= 0.3 is 0 Å². The molecule has 0 saturated carbocycles. The molecule has 0 aliphatic carbocycles. The van der Waals surface area contributed by atoms with Gasteiger partial charge < -0.3 is 4.74 Å². The Hall–Kier alpha value is -0.930. The van der Waals surface area contributed by atoms with Crippen LogP contribution < -0.4 is 0 Å². The van der Waals surface area contributed by atoms with Crippen LogP contribution in [0.1, 0.15) is 38.2 Å². The van der Waals surface area contributed by atoms with E-state index < -0.39 is 0 Å². The Morgan fingerprint density at radius 3 is 2.95 bits per heavy atom. The minimum atomic E-state index is -0.150. The highest BCUT2D eigenvalue weighted by Gasteiger charge is 2.17. The fourth-order valence-corrected chi connectivity index (χ4v) is 2.68. The zero-order valence-corrected chi connectivity index (χ0v) is 11.8. The molecular formula is C16H24FNO. The summed E-state index contributed by atoms with van der Waals surface area (Å²) in [5.74, 6) is -0.150. The van der Waals surface area contributed by atoms with Gasteiger partial charge in [-0.2, -0.15) is 0 Å². The lowest BCUT2D eigenvalue weighted by atomic mass is 10.1. The fraction of sp³-hybridized carbons (Fsp3) is 0.625. The Bertz CT molecular complexity index is 377. The predicted octanol–water partition coefficient (Wildman–Crippen LogP) is 3.61. The second-order valence-corrected chi connectivity index (χ2v) is 5.35. The smallest absolute Gasteiger partial charge is 0.123 e. The van der Waals surface area contributed by atoms with E-state index >= 15 is 0 Å². The molecule has 0 amide bonds. The Labute approximate surface area is 115 Å². The first-order valence-corrected chi connectivity index (χ1v) is 7.36. The molecule has 3 heteroatoms. The van der Waals surface area contributed by atoms with Crippen molar-refractivity contribution in [2.45, 2.75) is 45.3 Å². The third-order valence-corrected chi connectivity index (χ3v) is 3.57. The normalized spacial score (nSPS) is 19.8. The van der Waals surface area contributed by atoms with E-state index in [9.17, 15) is 4.39 Å². The lowest BCUT2D eigenvalue weighted by Crippen LogP contribution is -2.36. The number of hydrogen-bond acceptors (Lipinski definition) is 2. The number of hydrogen-bond donors (Lipinski definition) is 0. The largest absolute Gasteiger partial charge is 0.377 e. The lowest BCUT2D eigenvalue weighted by molar-refractivity contribution is -0.00714. The first kappa shape index (κ1) is 14.5. The summed E-state index contributed by atoms with van der Waals surface area (Å²) in [6.07, 6.45) is 5.08. The van der Waals surface area contributed by atoms with Crippen molar-refractivity contribution < 1.29 is 9.13 Å². The van der Waals surface area contributed by atoms with Gasteiger partial charge in [-0.15, -0.1) is 0 Å². The van der Waals surface area contributed by atoms with Crippen LogP contribution in [0, 0.1) is 5.82 Å². The Morgan fingerprint density at radius 1 is 1.37 bits per heavy atom. The number of benzene rings is 1. The van der Waals surface area contributed by atoms with Gasteiger partial charge in [0.05, 0.1) is 6.10 Å². The van der Waals surface area contributed by atoms with E-state index in [0.717, 1.165) is 44.6 Å². The summed E-state index contributed by atoms with van der Waals surface area (Å²) in [7, 11) is 0. The van der Waals surface area contributed by atoms with Crippen molar-refractivity contribution in [3.63, 3.8) is 0 Å². The van der Waals surface area contributed by atoms with Crippen molar-refractivity contribution in [2.24, 2.45) is 0 Å². The Morgan fingerprint density at radius 2 is 2.26 bits per heavy atom. The van der Waals surface area contributed by atoms with Gasteiger partial charge in [-0.1, -0.05) is 19.1 Å². The molecule has 19 heavy (non-hydrogen) atoms. The molecule has 1 aromatic rings. The molecule has 1 atom stereocenters. The molecule has 1 heterocycles. The van der Waals surface area contributed by atoms with Crippen molar-refractivity contribution in [1.29, 1.82) is 0 Å². The second-order valence-electron chi connectivity index (χ2n) is 5.35. The quantitative estimate of drug-likeness (QED) is 0.779. The molecule has 0 bridgehead atoms. The highest BCUT2D eigenvalue weighted by atomic mass is 19.1. The average Bonchev–Trinajstić information content (AvgIpc) is 2.40. The Balaban J connectivity index is 1.91. The Kier molecular flexibility index (Phi) is 5.80. The van der Waals surface area contributed by atoms with Crippen LogP contribution >= 0.6 is 0 Å². The first-order chi connectivity index (χ1) is 9.28. The van der Waals surface area contributed by atoms with Crippen LogP contribution in [0.3, 0.4) is 0 Å². The number of ether oxygens (including phenoxy) is 1. The van der Waals surface area contributed by atoms with E-state index in [1.54, 1.807) is 12.1 Å². The molecule has 0 spiro atoms. The van der Waals surface area contributed by atoms with Gasteiger partial charge in [0.15, 0.2) is 0 Å². The third kappa shape index (κ3) is 4.92. The van der Waals surface area contributed by atoms with Crippen LogP contribution in [0.2, 0.25) is 0 Å². The molecule has 0 radical (unpaired) electrons. The molecule has 0 N–H and O–H groups in total. The summed E-state index contributed by atoms with van der Waals surface area (Å²) in [6, 6.07) is 6.90. The van der Waals surface area contributed by atoms with Crippen LogP contribution in [0.5, 0.6) is 0 Å². The van der Waals surface area contributed by atoms with E-state index in [2.05, 4.69) is 11.8 Å². The van der Waals surface area contributed by atoms with Crippen LogP contribution in [0.25, 0.3) is 0 Å². The SMILES string of the molecule is CCCN(Cc1cccc(F)c1)CC1CCCCO1. The maximum absolute atomic E-state index is 13.2. The lowest BCUT2D eigenvalue weighted by Gasteiger charge is -2.29. The highest BCUT2D eigenvalue weighted by Crippen LogP contribution is 2.16. The summed E-state index contributed by atoms with van der Waals surface area (Å²) in [5.41, 5.74) is 1.05. The molecule has 1 aliphatic rings. The zero-order chi connectivity index (χ0) is 13.5. The van der Waals surface area contributed by atoms with Crippen molar-refractivity contribution in [1.82, 2.24) is 4.90 Å². The summed E-state index contributed by atoms with van der Waals surface area (Å²) in [5, 5.41) is 0. The molecule has 1 unspecified atom stereocenters. The van der Waals surface area contributed by atoms with E-state index in [1.807, 2.05) is 6.07 Å². The second kappa shape index (κ2) is 7.61. The molecule has 1 saturated heterocycles. The van der Waals surface area contributed by atoms with Crippen LogP contribution in [-0.2, 0) is 11.3 Å². The summed E-state index contributed by atoms with van der Waals surface area (Å²) in [6.45, 7) is 5.89. The van der Waals surface area contributed by atoms with Gasteiger partial charge in [-0.05, 0) is 49.9 Å². The van der Waals surface area contributed by atoms with Crippen molar-refractivity contribution in [3.8, 4) is 0 Å². The van der Waals surface area contributed by atoms with Crippen molar-refractivity contribution >= 4 is 0 Å². The molecule has 1 aromatic carbocycles. The molecule has 1 fully saturated rings. The van der Waals surface area contributed by atoms with E-state index in [0.29, 0.717) is 6.10 Å². The average molecular weight is 265 g/mol. The van der Waals surface area contributed by atoms with Crippen LogP contribution in [-0.4, -0.2) is 30.7 Å². The van der Waals surface area contributed by atoms with Gasteiger partial charge in [0, 0.05) is 19.7 Å². The molecule has 2 nitrogen and oxygen atoms in total. The highest BCUT2D eigenvalue weighted by molar-refractivity contribution is 5.16. The zero-order valence-electron chi connectivity index (χ0n) is 11.8. The summed E-state index contributed by atoms with van der Waals surface area (Å²) >= 11 is 0. The van der Waals surface area contributed by atoms with Crippen LogP contribution in [0.4, 0.5) is 4.39 Å². The maximum atomic E-state index is 13.2. The van der Waals surface area contributed by atoms with Gasteiger partial charge in [0.25, 0.3) is 0 Å². The minimum absolute atomic E-state index is 0.150. The number of halogens is 1. The van der Waals surface area contributed by atoms with E-state index in [1.165, 1.54) is 18.9 Å². The predicted molar refractivity (Wildman–Crippen MR) is 75.6 cm³/mol. The summed E-state index contributed by atoms with van der Waals surface area (Å²) in [4.78, 5) is 2.38. The molecule has 106 valence electrons. The topological polar surface area (TPSA) is 12.5 Å². The van der Waals surface area contributed by atoms with E-state index in [4.69, 9.17) is 4.74 Å². The van der Waals surface area contributed by atoms with Gasteiger partial charge in [0.2, 0.25) is 0 Å². The maximum Gasteiger partial charge on any atom is 0.123 e. The number of nitrogens with zero attached hydrogens (tertiary/aromatic N) is 1. The molecular weight excluding hydrogens is 241 g/mol. The molecule has 0 aromatic heterocycles. The monoisotopic (exact) mass is 265 g/mol. The van der Waals surface area contributed by atoms with Gasteiger partial charge in [-0.25, -0.2) is 4.39 Å². The van der Waals surface area contributed by atoms with Crippen molar-refractivity contribution in [2.75, 3.05) is 19.7 Å². The minimum Gasteiger partial charge on any atom is -0.377 e. The van der Waals surface area contributed by atoms with E-state index in [-0.39, 0.29) is 5.82 Å². The fourth-order valence-electron chi connectivity index (χ4n) is 2.68.